The lowest BCUT2D eigenvalue weighted by Gasteiger charge is -2.40. The van der Waals surface area contributed by atoms with Crippen molar-refractivity contribution in [2.45, 2.75) is 65.5 Å². The number of rotatable bonds is 6. The molecule has 2 aliphatic rings. The molecule has 0 spiro atoms. The lowest BCUT2D eigenvalue weighted by atomic mass is 9.65. The van der Waals surface area contributed by atoms with Crippen molar-refractivity contribution in [1.82, 2.24) is 14.7 Å². The number of hydrogen-bond acceptors (Lipinski definition) is 3. The zero-order valence-electron chi connectivity index (χ0n) is 17.5. The quantitative estimate of drug-likeness (QED) is 0.689. The van der Waals surface area contributed by atoms with E-state index in [1.54, 1.807) is 10.9 Å². The van der Waals surface area contributed by atoms with Crippen LogP contribution in [-0.4, -0.2) is 33.8 Å². The van der Waals surface area contributed by atoms with Crippen molar-refractivity contribution < 1.29 is 0 Å². The fourth-order valence-electron chi connectivity index (χ4n) is 5.86. The summed E-state index contributed by atoms with van der Waals surface area (Å²) in [6.45, 7) is 10.4. The van der Waals surface area contributed by atoms with Gasteiger partial charge in [0.05, 0.1) is 5.56 Å². The Morgan fingerprint density at radius 3 is 2.57 bits per heavy atom. The van der Waals surface area contributed by atoms with E-state index in [-0.39, 0.29) is 5.56 Å². The fourth-order valence-corrected chi connectivity index (χ4v) is 5.86. The van der Waals surface area contributed by atoms with E-state index < -0.39 is 0 Å². The first-order chi connectivity index (χ1) is 13.4. The van der Waals surface area contributed by atoms with Crippen molar-refractivity contribution in [1.29, 1.82) is 0 Å². The molecule has 4 heteroatoms. The Morgan fingerprint density at radius 2 is 1.79 bits per heavy atom. The molecule has 4 rings (SSSR count). The third-order valence-electron chi connectivity index (χ3n) is 6.59. The molecule has 2 bridgehead atoms. The molecule has 2 atom stereocenters. The molecular weight excluding hydrogens is 346 g/mol. The summed E-state index contributed by atoms with van der Waals surface area (Å²) in [5.74, 6) is 0. The van der Waals surface area contributed by atoms with Crippen LogP contribution in [0.5, 0.6) is 0 Å². The second-order valence-corrected chi connectivity index (χ2v) is 10.0. The highest BCUT2D eigenvalue weighted by Crippen LogP contribution is 2.52. The van der Waals surface area contributed by atoms with Gasteiger partial charge < -0.3 is 0 Å². The van der Waals surface area contributed by atoms with Crippen molar-refractivity contribution >= 4 is 0 Å². The average Bonchev–Trinajstić information content (AvgIpc) is 2.88. The zero-order chi connectivity index (χ0) is 19.8. The SMILES string of the molecule is CC1(C)CC2CC(C)(CN2CCCCn2nccc(-c3ccccc3)c2=O)C1. The average molecular weight is 380 g/mol. The van der Waals surface area contributed by atoms with Crippen molar-refractivity contribution in [3.8, 4) is 11.1 Å². The van der Waals surface area contributed by atoms with Gasteiger partial charge in [0.25, 0.3) is 5.56 Å². The van der Waals surface area contributed by atoms with Crippen LogP contribution in [-0.2, 0) is 6.54 Å². The summed E-state index contributed by atoms with van der Waals surface area (Å²) in [5.41, 5.74) is 2.68. The molecule has 1 aromatic carbocycles. The first kappa shape index (κ1) is 19.4. The Hall–Kier alpha value is -1.94. The van der Waals surface area contributed by atoms with E-state index in [9.17, 15) is 4.79 Å². The Kier molecular flexibility index (Phi) is 5.17. The molecule has 1 aliphatic heterocycles. The number of fused-ring (bicyclic) bond motifs is 2. The van der Waals surface area contributed by atoms with Crippen LogP contribution in [0, 0.1) is 10.8 Å². The second kappa shape index (κ2) is 7.47. The maximum Gasteiger partial charge on any atom is 0.274 e. The van der Waals surface area contributed by atoms with Crippen LogP contribution in [0.4, 0.5) is 0 Å². The molecule has 0 N–H and O–H groups in total. The number of aryl methyl sites for hydroxylation is 1. The van der Waals surface area contributed by atoms with E-state index in [1.165, 1.54) is 25.8 Å². The van der Waals surface area contributed by atoms with Gasteiger partial charge in [0.1, 0.15) is 0 Å². The second-order valence-electron chi connectivity index (χ2n) is 10.0. The third-order valence-corrected chi connectivity index (χ3v) is 6.59. The number of unbranched alkanes of at least 4 members (excludes halogenated alkanes) is 1. The summed E-state index contributed by atoms with van der Waals surface area (Å²) in [6, 6.07) is 12.4. The van der Waals surface area contributed by atoms with Gasteiger partial charge >= 0.3 is 0 Å². The van der Waals surface area contributed by atoms with E-state index in [0.717, 1.165) is 36.6 Å². The minimum Gasteiger partial charge on any atom is -0.300 e. The maximum absolute atomic E-state index is 12.8. The number of likely N-dealkylation sites (tertiary alicyclic amines) is 1. The predicted octanol–water partition coefficient (Wildman–Crippen LogP) is 4.59. The summed E-state index contributed by atoms with van der Waals surface area (Å²) in [7, 11) is 0. The standard InChI is InChI=1S/C24H33N3O/c1-23(2)15-20-16-24(3,17-23)18-26(20)13-7-8-14-27-22(28)21(11-12-25-27)19-9-5-4-6-10-19/h4-6,9-12,20H,7-8,13-18H2,1-3H3. The van der Waals surface area contributed by atoms with Gasteiger partial charge in [0.2, 0.25) is 0 Å². The Morgan fingerprint density at radius 1 is 1.04 bits per heavy atom. The number of nitrogens with zero attached hydrogens (tertiary/aromatic N) is 3. The van der Waals surface area contributed by atoms with Crippen LogP contribution < -0.4 is 5.56 Å². The van der Waals surface area contributed by atoms with E-state index in [4.69, 9.17) is 0 Å². The van der Waals surface area contributed by atoms with Crippen LogP contribution in [0.15, 0.2) is 47.4 Å². The van der Waals surface area contributed by atoms with Gasteiger partial charge in [-0.05, 0) is 61.1 Å². The Bertz CT molecular complexity index is 873. The van der Waals surface area contributed by atoms with Gasteiger partial charge in [-0.1, -0.05) is 51.1 Å². The minimum absolute atomic E-state index is 0.0139. The van der Waals surface area contributed by atoms with Crippen LogP contribution in [0.2, 0.25) is 0 Å². The van der Waals surface area contributed by atoms with E-state index >= 15 is 0 Å². The molecule has 28 heavy (non-hydrogen) atoms. The number of aromatic nitrogens is 2. The Balaban J connectivity index is 1.34. The monoisotopic (exact) mass is 379 g/mol. The summed E-state index contributed by atoms with van der Waals surface area (Å²) < 4.78 is 1.63. The minimum atomic E-state index is 0.0139. The molecule has 1 saturated heterocycles. The largest absolute Gasteiger partial charge is 0.300 e. The van der Waals surface area contributed by atoms with Crippen LogP contribution in [0.25, 0.3) is 11.1 Å². The summed E-state index contributed by atoms with van der Waals surface area (Å²) in [4.78, 5) is 15.5. The highest BCUT2D eigenvalue weighted by Gasteiger charge is 2.49. The van der Waals surface area contributed by atoms with E-state index in [2.05, 4.69) is 30.8 Å². The van der Waals surface area contributed by atoms with Gasteiger partial charge in [-0.25, -0.2) is 4.68 Å². The molecule has 1 saturated carbocycles. The number of benzene rings is 1. The van der Waals surface area contributed by atoms with Crippen molar-refractivity contribution in [3.63, 3.8) is 0 Å². The van der Waals surface area contributed by atoms with Gasteiger partial charge in [0, 0.05) is 25.3 Å². The highest BCUT2D eigenvalue weighted by molar-refractivity contribution is 5.61. The summed E-state index contributed by atoms with van der Waals surface area (Å²) >= 11 is 0. The molecule has 150 valence electrons. The van der Waals surface area contributed by atoms with Gasteiger partial charge in [-0.3, -0.25) is 9.69 Å². The molecule has 2 heterocycles. The molecule has 1 aliphatic carbocycles. The lowest BCUT2D eigenvalue weighted by molar-refractivity contribution is 0.127. The van der Waals surface area contributed by atoms with Crippen molar-refractivity contribution in [2.24, 2.45) is 10.8 Å². The molecule has 4 nitrogen and oxygen atoms in total. The van der Waals surface area contributed by atoms with Gasteiger partial charge in [-0.2, -0.15) is 5.10 Å². The maximum atomic E-state index is 12.8. The first-order valence-corrected chi connectivity index (χ1v) is 10.7. The number of hydrogen-bond donors (Lipinski definition) is 0. The van der Waals surface area contributed by atoms with Crippen LogP contribution in [0.3, 0.4) is 0 Å². The van der Waals surface area contributed by atoms with Crippen LogP contribution in [0.1, 0.15) is 52.9 Å². The zero-order valence-corrected chi connectivity index (χ0v) is 17.5. The topological polar surface area (TPSA) is 38.1 Å². The highest BCUT2D eigenvalue weighted by atomic mass is 16.1. The third kappa shape index (κ3) is 4.07. The summed E-state index contributed by atoms with van der Waals surface area (Å²) in [5, 5.41) is 4.31. The Labute approximate surface area is 168 Å². The first-order valence-electron chi connectivity index (χ1n) is 10.7. The van der Waals surface area contributed by atoms with E-state index in [1.807, 2.05) is 36.4 Å². The van der Waals surface area contributed by atoms with E-state index in [0.29, 0.717) is 17.4 Å². The lowest BCUT2D eigenvalue weighted by Crippen LogP contribution is -2.35. The van der Waals surface area contributed by atoms with Crippen molar-refractivity contribution in [2.75, 3.05) is 13.1 Å². The molecule has 2 unspecified atom stereocenters. The smallest absolute Gasteiger partial charge is 0.274 e. The van der Waals surface area contributed by atoms with Crippen molar-refractivity contribution in [3.05, 3.63) is 52.9 Å². The normalized spacial score (nSPS) is 26.5. The molecule has 1 aromatic heterocycles. The molecular formula is C24H33N3O. The molecule has 2 aromatic rings. The van der Waals surface area contributed by atoms with Crippen LogP contribution >= 0.6 is 0 Å². The van der Waals surface area contributed by atoms with Gasteiger partial charge in [0.15, 0.2) is 0 Å². The predicted molar refractivity (Wildman–Crippen MR) is 114 cm³/mol. The molecule has 0 amide bonds. The van der Waals surface area contributed by atoms with Gasteiger partial charge in [-0.15, -0.1) is 0 Å². The molecule has 2 fully saturated rings. The molecule has 0 radical (unpaired) electrons. The fraction of sp³-hybridized carbons (Fsp3) is 0.583. The summed E-state index contributed by atoms with van der Waals surface area (Å²) in [6.07, 6.45) is 7.89.